The van der Waals surface area contributed by atoms with Gasteiger partial charge in [0, 0.05) is 13.0 Å². The summed E-state index contributed by atoms with van der Waals surface area (Å²) in [5.74, 6) is 5.89. The van der Waals surface area contributed by atoms with Crippen molar-refractivity contribution in [3.8, 4) is 11.8 Å². The fourth-order valence-electron chi connectivity index (χ4n) is 1.81. The Morgan fingerprint density at radius 1 is 1.67 bits per heavy atom. The Hall–Kier alpha value is -1.87. The minimum absolute atomic E-state index is 0.0863. The number of hydrogen-bond acceptors (Lipinski definition) is 5. The van der Waals surface area contributed by atoms with Crippen LogP contribution in [0.5, 0.6) is 0 Å². The van der Waals surface area contributed by atoms with Gasteiger partial charge in [0.05, 0.1) is 6.04 Å². The van der Waals surface area contributed by atoms with Crippen LogP contribution in [0.25, 0.3) is 0 Å². The van der Waals surface area contributed by atoms with Crippen LogP contribution < -0.4 is 10.6 Å². The highest BCUT2D eigenvalue weighted by Gasteiger charge is 2.23. The van der Waals surface area contributed by atoms with Gasteiger partial charge in [0.1, 0.15) is 0 Å². The van der Waals surface area contributed by atoms with Gasteiger partial charge in [-0.15, -0.1) is 11.8 Å². The fourth-order valence-corrected chi connectivity index (χ4v) is 1.81. The van der Waals surface area contributed by atoms with Gasteiger partial charge in [-0.05, 0) is 26.3 Å². The molecule has 1 saturated heterocycles. The smallest absolute Gasteiger partial charge is 0.292 e. The highest BCUT2D eigenvalue weighted by Crippen LogP contribution is 2.20. The van der Waals surface area contributed by atoms with Gasteiger partial charge in [-0.1, -0.05) is 5.16 Å². The molecule has 6 heteroatoms. The van der Waals surface area contributed by atoms with Gasteiger partial charge in [0.15, 0.2) is 0 Å². The molecule has 2 N–H and O–H groups in total. The summed E-state index contributed by atoms with van der Waals surface area (Å²) in [7, 11) is 0. The molecule has 2 rings (SSSR count). The molecule has 18 heavy (non-hydrogen) atoms. The third-order valence-electron chi connectivity index (χ3n) is 2.72. The van der Waals surface area contributed by atoms with Gasteiger partial charge < -0.3 is 15.2 Å². The van der Waals surface area contributed by atoms with Gasteiger partial charge in [-0.2, -0.15) is 4.98 Å². The molecule has 1 amide bonds. The molecule has 0 aromatic carbocycles. The molecular weight excluding hydrogens is 232 g/mol. The minimum Gasteiger partial charge on any atom is -0.348 e. The van der Waals surface area contributed by atoms with Crippen LogP contribution in [0.4, 0.5) is 0 Å². The number of carbonyl (C=O) groups is 1. The summed E-state index contributed by atoms with van der Waals surface area (Å²) in [5, 5.41) is 9.62. The second-order valence-electron chi connectivity index (χ2n) is 4.04. The van der Waals surface area contributed by atoms with Crippen molar-refractivity contribution in [2.45, 2.75) is 32.2 Å². The van der Waals surface area contributed by atoms with E-state index in [0.29, 0.717) is 18.9 Å². The molecule has 1 aromatic rings. The summed E-state index contributed by atoms with van der Waals surface area (Å²) in [5.41, 5.74) is 0. The molecule has 1 aliphatic heterocycles. The summed E-state index contributed by atoms with van der Waals surface area (Å²) in [6.45, 7) is 3.21. The maximum atomic E-state index is 11.7. The van der Waals surface area contributed by atoms with Crippen LogP contribution in [0.15, 0.2) is 4.52 Å². The number of amides is 1. The minimum atomic E-state index is -0.319. The Morgan fingerprint density at radius 2 is 2.56 bits per heavy atom. The van der Waals surface area contributed by atoms with Crippen molar-refractivity contribution in [3.63, 3.8) is 0 Å². The molecule has 0 spiro atoms. The fraction of sp³-hybridized carbons (Fsp3) is 0.583. The molecule has 0 aliphatic carbocycles. The summed E-state index contributed by atoms with van der Waals surface area (Å²) in [4.78, 5) is 15.8. The summed E-state index contributed by atoms with van der Waals surface area (Å²) in [6.07, 6.45) is 2.68. The first-order valence-electron chi connectivity index (χ1n) is 6.06. The standard InChI is InChI=1S/C12H16N4O2/c1-2-3-4-7-14-11(17)10-15-12(18-16-10)9-6-5-8-13-9/h9,13H,4-8H2,1H3,(H,14,17). The Labute approximate surface area is 106 Å². The van der Waals surface area contributed by atoms with Gasteiger partial charge in [-0.3, -0.25) is 4.79 Å². The van der Waals surface area contributed by atoms with E-state index < -0.39 is 0 Å². The van der Waals surface area contributed by atoms with E-state index in [4.69, 9.17) is 4.52 Å². The van der Waals surface area contributed by atoms with Gasteiger partial charge in [-0.25, -0.2) is 0 Å². The highest BCUT2D eigenvalue weighted by atomic mass is 16.5. The third kappa shape index (κ3) is 3.08. The molecule has 6 nitrogen and oxygen atoms in total. The molecule has 1 fully saturated rings. The molecule has 2 heterocycles. The molecule has 96 valence electrons. The maximum absolute atomic E-state index is 11.7. The van der Waals surface area contributed by atoms with Crippen molar-refractivity contribution >= 4 is 5.91 Å². The largest absolute Gasteiger partial charge is 0.348 e. The Kier molecular flexibility index (Phi) is 4.31. The zero-order valence-corrected chi connectivity index (χ0v) is 10.3. The van der Waals surface area contributed by atoms with Crippen molar-refractivity contribution in [2.24, 2.45) is 0 Å². The Bertz CT molecular complexity index is 466. The Morgan fingerprint density at radius 3 is 3.28 bits per heavy atom. The molecule has 1 aliphatic rings. The number of nitrogens with zero attached hydrogens (tertiary/aromatic N) is 2. The van der Waals surface area contributed by atoms with Crippen LogP contribution in [-0.4, -0.2) is 29.1 Å². The maximum Gasteiger partial charge on any atom is 0.292 e. The second-order valence-corrected chi connectivity index (χ2v) is 4.04. The monoisotopic (exact) mass is 248 g/mol. The molecule has 1 atom stereocenters. The van der Waals surface area contributed by atoms with E-state index >= 15 is 0 Å². The third-order valence-corrected chi connectivity index (χ3v) is 2.72. The Balaban J connectivity index is 1.87. The second kappa shape index (κ2) is 6.17. The van der Waals surface area contributed by atoms with Crippen molar-refractivity contribution in [1.82, 2.24) is 20.8 Å². The van der Waals surface area contributed by atoms with Crippen LogP contribution in [0.2, 0.25) is 0 Å². The van der Waals surface area contributed by atoms with Crippen LogP contribution in [0.3, 0.4) is 0 Å². The number of rotatable bonds is 4. The number of nitrogens with one attached hydrogen (secondary N) is 2. The number of aromatic nitrogens is 2. The first kappa shape index (κ1) is 12.6. The summed E-state index contributed by atoms with van der Waals surface area (Å²) >= 11 is 0. The van der Waals surface area contributed by atoms with E-state index in [1.54, 1.807) is 6.92 Å². The lowest BCUT2D eigenvalue weighted by atomic mass is 10.2. The summed E-state index contributed by atoms with van der Waals surface area (Å²) < 4.78 is 5.08. The molecule has 0 radical (unpaired) electrons. The predicted molar refractivity (Wildman–Crippen MR) is 64.7 cm³/mol. The van der Waals surface area contributed by atoms with Crippen LogP contribution in [0, 0.1) is 11.8 Å². The number of carbonyl (C=O) groups excluding carboxylic acids is 1. The van der Waals surface area contributed by atoms with Crippen molar-refractivity contribution in [1.29, 1.82) is 0 Å². The van der Waals surface area contributed by atoms with Crippen molar-refractivity contribution in [2.75, 3.05) is 13.1 Å². The highest BCUT2D eigenvalue weighted by molar-refractivity contribution is 5.90. The van der Waals surface area contributed by atoms with Crippen LogP contribution in [-0.2, 0) is 0 Å². The molecule has 1 unspecified atom stereocenters. The average Bonchev–Trinajstić information content (AvgIpc) is 3.03. The quantitative estimate of drug-likeness (QED) is 0.603. The lowest BCUT2D eigenvalue weighted by Crippen LogP contribution is -2.25. The van der Waals surface area contributed by atoms with Crippen LogP contribution in [0.1, 0.15) is 48.7 Å². The molecular formula is C12H16N4O2. The van der Waals surface area contributed by atoms with E-state index in [9.17, 15) is 4.79 Å². The van der Waals surface area contributed by atoms with Crippen LogP contribution >= 0.6 is 0 Å². The normalized spacial score (nSPS) is 18.2. The average molecular weight is 248 g/mol. The van der Waals surface area contributed by atoms with E-state index in [-0.39, 0.29) is 17.8 Å². The molecule has 0 bridgehead atoms. The number of hydrogen-bond donors (Lipinski definition) is 2. The lowest BCUT2D eigenvalue weighted by Gasteiger charge is -2.01. The first-order chi connectivity index (χ1) is 8.81. The van der Waals surface area contributed by atoms with E-state index in [1.807, 2.05) is 0 Å². The predicted octanol–water partition coefficient (Wildman–Crippen LogP) is 0.637. The topological polar surface area (TPSA) is 80.0 Å². The molecule has 1 aromatic heterocycles. The van der Waals surface area contributed by atoms with Gasteiger partial charge in [0.25, 0.3) is 11.7 Å². The first-order valence-corrected chi connectivity index (χ1v) is 6.06. The van der Waals surface area contributed by atoms with E-state index in [0.717, 1.165) is 19.4 Å². The van der Waals surface area contributed by atoms with Gasteiger partial charge in [0.2, 0.25) is 5.89 Å². The van der Waals surface area contributed by atoms with Crippen molar-refractivity contribution in [3.05, 3.63) is 11.7 Å². The van der Waals surface area contributed by atoms with Gasteiger partial charge >= 0.3 is 0 Å². The zero-order valence-electron chi connectivity index (χ0n) is 10.3. The van der Waals surface area contributed by atoms with E-state index in [1.165, 1.54) is 0 Å². The van der Waals surface area contributed by atoms with E-state index in [2.05, 4.69) is 32.6 Å². The molecule has 0 saturated carbocycles. The SMILES string of the molecule is CC#CCCNC(=O)c1noc(C2CCCN2)n1. The summed E-state index contributed by atoms with van der Waals surface area (Å²) in [6, 6.07) is 0.0880. The lowest BCUT2D eigenvalue weighted by molar-refractivity contribution is 0.0941. The zero-order chi connectivity index (χ0) is 12.8. The van der Waals surface area contributed by atoms with Crippen molar-refractivity contribution < 1.29 is 9.32 Å².